The summed E-state index contributed by atoms with van der Waals surface area (Å²) in [4.78, 5) is 0. The maximum absolute atomic E-state index is 3.35. The first-order valence-electron chi connectivity index (χ1n) is 3.21. The van der Waals surface area contributed by atoms with Gasteiger partial charge in [-0.05, 0) is 5.44 Å². The normalized spacial score (nSPS) is 37.0. The van der Waals surface area contributed by atoms with Gasteiger partial charge in [0, 0.05) is 6.54 Å². The van der Waals surface area contributed by atoms with Crippen molar-refractivity contribution in [3.63, 3.8) is 0 Å². The van der Waals surface area contributed by atoms with E-state index in [1.54, 1.807) is 0 Å². The van der Waals surface area contributed by atoms with Crippen LogP contribution in [0.2, 0.25) is 5.11 Å². The van der Waals surface area contributed by atoms with E-state index in [9.17, 15) is 0 Å². The molecule has 0 bridgehead atoms. The second-order valence-corrected chi connectivity index (χ2v) is 3.94. The molecule has 8 heavy (non-hydrogen) atoms. The second kappa shape index (κ2) is 1.38. The summed E-state index contributed by atoms with van der Waals surface area (Å²) >= 11 is 0. The van der Waals surface area contributed by atoms with Gasteiger partial charge in [-0.3, -0.25) is 0 Å². The van der Waals surface area contributed by atoms with Gasteiger partial charge in [0.05, 0.1) is 23.5 Å². The van der Waals surface area contributed by atoms with Crippen LogP contribution in [0.3, 0.4) is 0 Å². The second-order valence-electron chi connectivity index (χ2n) is 3.94. The lowest BCUT2D eigenvalue weighted by atomic mass is 9.33. The van der Waals surface area contributed by atoms with Crippen molar-refractivity contribution in [2.75, 3.05) is 6.54 Å². The highest BCUT2D eigenvalue weighted by molar-refractivity contribution is 6.63. The van der Waals surface area contributed by atoms with Crippen molar-refractivity contribution in [2.24, 2.45) is 0 Å². The van der Waals surface area contributed by atoms with E-state index >= 15 is 0 Å². The summed E-state index contributed by atoms with van der Waals surface area (Å²) in [6.45, 7) is 1.19. The van der Waals surface area contributed by atoms with Gasteiger partial charge < -0.3 is 5.32 Å². The molecule has 1 rings (SSSR count). The number of hydrogen-bond acceptors (Lipinski definition) is 1. The Morgan fingerprint density at radius 2 is 1.75 bits per heavy atom. The minimum atomic E-state index is 0.438. The maximum atomic E-state index is 3.35. The molecule has 1 aliphatic rings. The van der Waals surface area contributed by atoms with Crippen LogP contribution in [0.25, 0.3) is 0 Å². The van der Waals surface area contributed by atoms with E-state index in [0.29, 0.717) is 10.6 Å². The Labute approximate surface area is 54.6 Å². The summed E-state index contributed by atoms with van der Waals surface area (Å²) in [7, 11) is 9.08. The van der Waals surface area contributed by atoms with E-state index < -0.39 is 0 Å². The van der Waals surface area contributed by atoms with Crippen LogP contribution in [-0.4, -0.2) is 43.4 Å². The molecule has 0 radical (unpaired) electrons. The van der Waals surface area contributed by atoms with E-state index in [-0.39, 0.29) is 0 Å². The molecule has 1 N–H and O–H groups in total. The van der Waals surface area contributed by atoms with E-state index in [1.165, 1.54) is 6.54 Å². The molecule has 0 spiro atoms. The Kier molecular flexibility index (Phi) is 1.09. The number of hydrogen-bond donors (Lipinski definition) is 1. The van der Waals surface area contributed by atoms with Gasteiger partial charge in [0.15, 0.2) is 0 Å². The Bertz CT molecular complexity index is 99.1. The van der Waals surface area contributed by atoms with Gasteiger partial charge >= 0.3 is 0 Å². The molecule has 5 heteroatoms. The fourth-order valence-electron chi connectivity index (χ4n) is 0.663. The van der Waals surface area contributed by atoms with Crippen molar-refractivity contribution in [3.8, 4) is 0 Å². The summed E-state index contributed by atoms with van der Waals surface area (Å²) in [5.41, 5.74) is 0.438. The van der Waals surface area contributed by atoms with Crippen molar-refractivity contribution in [1.82, 2.24) is 5.32 Å². The van der Waals surface area contributed by atoms with E-state index in [2.05, 4.69) is 36.7 Å². The van der Waals surface area contributed by atoms with Gasteiger partial charge in [0.25, 0.3) is 0 Å². The molecule has 0 aromatic carbocycles. The predicted octanol–water partition coefficient (Wildman–Crippen LogP) is -4.11. The largest absolute Gasteiger partial charge is 0.318 e. The highest BCUT2D eigenvalue weighted by atomic mass is 15.1. The van der Waals surface area contributed by atoms with Crippen LogP contribution in [0.4, 0.5) is 0 Å². The molecule has 1 aliphatic heterocycles. The molecule has 1 nitrogen and oxygen atoms in total. The first kappa shape index (κ1) is 6.34. The van der Waals surface area contributed by atoms with Crippen molar-refractivity contribution >= 4 is 31.4 Å². The first-order chi connectivity index (χ1) is 3.46. The zero-order valence-electron chi connectivity index (χ0n) is 6.21. The summed E-state index contributed by atoms with van der Waals surface area (Å²) in [6.07, 6.45) is 0. The van der Waals surface area contributed by atoms with Crippen molar-refractivity contribution in [2.45, 2.75) is 10.6 Å². The van der Waals surface area contributed by atoms with Gasteiger partial charge in [-0.2, -0.15) is 0 Å². The van der Waals surface area contributed by atoms with Crippen LogP contribution in [0.15, 0.2) is 0 Å². The standard InChI is InChI=1S/C3H11B4N/c4-2(1-8-2)3(5,6)7/h8H,1,4-7H2. The van der Waals surface area contributed by atoms with Crippen molar-refractivity contribution < 1.29 is 0 Å². The smallest absolute Gasteiger partial charge is 0.127 e. The lowest BCUT2D eigenvalue weighted by molar-refractivity contribution is 0.877. The van der Waals surface area contributed by atoms with E-state index in [1.807, 2.05) is 0 Å². The predicted molar refractivity (Wildman–Crippen MR) is 47.6 cm³/mol. The zero-order valence-corrected chi connectivity index (χ0v) is 6.21. The van der Waals surface area contributed by atoms with Gasteiger partial charge in [-0.25, -0.2) is 0 Å². The fourth-order valence-corrected chi connectivity index (χ4v) is 0.663. The zero-order chi connectivity index (χ0) is 6.41. The average Bonchev–Trinajstić information content (AvgIpc) is 2.16. The Morgan fingerprint density at radius 1 is 1.38 bits per heavy atom. The van der Waals surface area contributed by atoms with Crippen LogP contribution in [-0.2, 0) is 0 Å². The third-order valence-electron chi connectivity index (χ3n) is 2.36. The molecule has 0 aliphatic carbocycles. The van der Waals surface area contributed by atoms with Crippen LogP contribution in [0.1, 0.15) is 0 Å². The topological polar surface area (TPSA) is 21.9 Å². The third-order valence-corrected chi connectivity index (χ3v) is 2.36. The molecular formula is C3H11B4N. The van der Waals surface area contributed by atoms with Crippen molar-refractivity contribution in [3.05, 3.63) is 0 Å². The summed E-state index contributed by atoms with van der Waals surface area (Å²) in [6, 6.07) is 0. The highest BCUT2D eigenvalue weighted by Gasteiger charge is 2.45. The van der Waals surface area contributed by atoms with Gasteiger partial charge in [0.2, 0.25) is 0 Å². The molecule has 0 aromatic rings. The Hall–Kier alpha value is 0.220. The third kappa shape index (κ3) is 0.838. The molecule has 40 valence electrons. The summed E-state index contributed by atoms with van der Waals surface area (Å²) in [5.74, 6) is 0. The van der Waals surface area contributed by atoms with E-state index in [4.69, 9.17) is 0 Å². The number of nitrogens with one attached hydrogen (secondary N) is 1. The first-order valence-corrected chi connectivity index (χ1v) is 3.21. The van der Waals surface area contributed by atoms with Crippen LogP contribution in [0.5, 0.6) is 0 Å². The fraction of sp³-hybridized carbons (Fsp3) is 1.00. The van der Waals surface area contributed by atoms with Crippen molar-refractivity contribution in [1.29, 1.82) is 0 Å². The molecular weight excluding hydrogens is 93.3 g/mol. The molecule has 1 unspecified atom stereocenters. The van der Waals surface area contributed by atoms with Gasteiger partial charge in [-0.15, -0.1) is 0 Å². The molecule has 0 saturated carbocycles. The SMILES string of the molecule is BC(B)(B)C1(B)CN1. The minimum Gasteiger partial charge on any atom is -0.318 e. The lowest BCUT2D eigenvalue weighted by Gasteiger charge is -2.25. The van der Waals surface area contributed by atoms with Crippen LogP contribution >= 0.6 is 0 Å². The van der Waals surface area contributed by atoms with Crippen LogP contribution in [0, 0.1) is 0 Å². The summed E-state index contributed by atoms with van der Waals surface area (Å²) < 4.78 is 0. The van der Waals surface area contributed by atoms with Crippen LogP contribution < -0.4 is 5.32 Å². The Morgan fingerprint density at radius 3 is 1.75 bits per heavy atom. The Balaban J connectivity index is 2.58. The van der Waals surface area contributed by atoms with E-state index in [0.717, 1.165) is 0 Å². The summed E-state index contributed by atoms with van der Waals surface area (Å²) in [5, 5.41) is 3.79. The number of rotatable bonds is 1. The molecule has 1 atom stereocenters. The molecule has 0 aromatic heterocycles. The maximum Gasteiger partial charge on any atom is 0.127 e. The molecule has 0 amide bonds. The quantitative estimate of drug-likeness (QED) is 0.265. The highest BCUT2D eigenvalue weighted by Crippen LogP contribution is 2.32. The lowest BCUT2D eigenvalue weighted by Crippen LogP contribution is -2.36. The average molecular weight is 104 g/mol. The molecule has 1 saturated heterocycles. The molecule has 1 heterocycles. The van der Waals surface area contributed by atoms with Gasteiger partial charge in [0.1, 0.15) is 7.85 Å². The van der Waals surface area contributed by atoms with Gasteiger partial charge in [-0.1, -0.05) is 5.11 Å². The monoisotopic (exact) mass is 105 g/mol. The minimum absolute atomic E-state index is 0.438. The molecule has 1 fully saturated rings.